The summed E-state index contributed by atoms with van der Waals surface area (Å²) in [4.78, 5) is 36.9. The summed E-state index contributed by atoms with van der Waals surface area (Å²) in [5.74, 6) is -0.0563. The minimum Gasteiger partial charge on any atom is -0.376 e. The first-order valence-corrected chi connectivity index (χ1v) is 10.6. The van der Waals surface area contributed by atoms with Gasteiger partial charge in [-0.25, -0.2) is 0 Å². The molecule has 1 aliphatic rings. The minimum atomic E-state index is -0.313. The van der Waals surface area contributed by atoms with Gasteiger partial charge in [-0.1, -0.05) is 48.1 Å². The molecule has 2 rings (SSSR count). The number of amides is 3. The molecule has 1 fully saturated rings. The van der Waals surface area contributed by atoms with E-state index in [2.05, 4.69) is 16.2 Å². The van der Waals surface area contributed by atoms with Crippen molar-refractivity contribution in [2.75, 3.05) is 24.2 Å². The Labute approximate surface area is 175 Å². The van der Waals surface area contributed by atoms with Gasteiger partial charge in [0.05, 0.1) is 12.3 Å². The van der Waals surface area contributed by atoms with Gasteiger partial charge in [-0.2, -0.15) is 0 Å². The van der Waals surface area contributed by atoms with Crippen molar-refractivity contribution in [3.8, 4) is 0 Å². The molecule has 0 unspecified atom stereocenters. The van der Waals surface area contributed by atoms with E-state index in [0.717, 1.165) is 29.7 Å². The Hall–Kier alpha value is -2.13. The molecule has 3 amide bonds. The fourth-order valence-electron chi connectivity index (χ4n) is 2.76. The van der Waals surface area contributed by atoms with Crippen LogP contribution in [0.25, 0.3) is 0 Å². The standard InChI is InChI=1S/C19H26N4O3S2/c1-13-7-8-15(14(2)10-13)20-11-17(25)22-21-16(24)6-4-3-5-9-23-18(26)12-28-19(23)27/h7-8,10,20H,3-6,9,11-12H2,1-2H3,(H,21,24)(H,22,25). The molecule has 0 aromatic heterocycles. The minimum absolute atomic E-state index is 0.0601. The van der Waals surface area contributed by atoms with Crippen LogP contribution in [0.4, 0.5) is 5.69 Å². The molecule has 0 spiro atoms. The Bertz CT molecular complexity index is 739. The van der Waals surface area contributed by atoms with Crippen molar-refractivity contribution in [2.24, 2.45) is 0 Å². The maximum Gasteiger partial charge on any atom is 0.257 e. The number of rotatable bonds is 9. The summed E-state index contributed by atoms with van der Waals surface area (Å²) in [6, 6.07) is 5.94. The van der Waals surface area contributed by atoms with Crippen molar-refractivity contribution in [3.63, 3.8) is 0 Å². The number of carbonyl (C=O) groups is 3. The maximum atomic E-state index is 11.8. The van der Waals surface area contributed by atoms with E-state index in [0.29, 0.717) is 29.5 Å². The lowest BCUT2D eigenvalue weighted by molar-refractivity contribution is -0.128. The lowest BCUT2D eigenvalue weighted by Crippen LogP contribution is -2.44. The van der Waals surface area contributed by atoms with Crippen LogP contribution in [0.1, 0.15) is 36.8 Å². The molecule has 28 heavy (non-hydrogen) atoms. The van der Waals surface area contributed by atoms with Crippen molar-refractivity contribution >= 4 is 51.7 Å². The predicted molar refractivity (Wildman–Crippen MR) is 116 cm³/mol. The highest BCUT2D eigenvalue weighted by molar-refractivity contribution is 8.23. The molecule has 152 valence electrons. The first-order valence-electron chi connectivity index (χ1n) is 9.22. The second-order valence-electron chi connectivity index (χ2n) is 6.68. The van der Waals surface area contributed by atoms with Gasteiger partial charge in [-0.05, 0) is 38.3 Å². The van der Waals surface area contributed by atoms with E-state index in [4.69, 9.17) is 12.2 Å². The number of unbranched alkanes of at least 4 members (excludes halogenated alkanes) is 2. The highest BCUT2D eigenvalue weighted by Gasteiger charge is 2.25. The number of hydrazine groups is 1. The zero-order valence-corrected chi connectivity index (χ0v) is 17.8. The molecular formula is C19H26N4O3S2. The molecular weight excluding hydrogens is 396 g/mol. The van der Waals surface area contributed by atoms with Crippen LogP contribution >= 0.6 is 24.0 Å². The fourth-order valence-corrected chi connectivity index (χ4v) is 3.88. The van der Waals surface area contributed by atoms with E-state index in [1.165, 1.54) is 11.8 Å². The zero-order chi connectivity index (χ0) is 20.5. The van der Waals surface area contributed by atoms with Gasteiger partial charge < -0.3 is 5.32 Å². The molecule has 0 bridgehead atoms. The molecule has 0 aliphatic carbocycles. The Morgan fingerprint density at radius 3 is 2.57 bits per heavy atom. The van der Waals surface area contributed by atoms with Crippen molar-refractivity contribution in [3.05, 3.63) is 29.3 Å². The molecule has 0 radical (unpaired) electrons. The molecule has 7 nitrogen and oxygen atoms in total. The van der Waals surface area contributed by atoms with Crippen LogP contribution in [0.15, 0.2) is 18.2 Å². The van der Waals surface area contributed by atoms with Crippen LogP contribution < -0.4 is 16.2 Å². The van der Waals surface area contributed by atoms with E-state index in [1.807, 2.05) is 32.0 Å². The van der Waals surface area contributed by atoms with Crippen LogP contribution in [-0.2, 0) is 14.4 Å². The number of carbonyl (C=O) groups excluding carboxylic acids is 3. The molecule has 9 heteroatoms. The highest BCUT2D eigenvalue weighted by atomic mass is 32.2. The highest BCUT2D eigenvalue weighted by Crippen LogP contribution is 2.20. The largest absolute Gasteiger partial charge is 0.376 e. The van der Waals surface area contributed by atoms with Gasteiger partial charge in [0.25, 0.3) is 5.91 Å². The second kappa shape index (κ2) is 11.0. The number of hydrogen-bond acceptors (Lipinski definition) is 6. The SMILES string of the molecule is Cc1ccc(NCC(=O)NNC(=O)CCCCCN2C(=O)CSC2=S)c(C)c1. The van der Waals surface area contributed by atoms with Gasteiger partial charge in [0.2, 0.25) is 11.8 Å². The van der Waals surface area contributed by atoms with Crippen LogP contribution in [0.2, 0.25) is 0 Å². The van der Waals surface area contributed by atoms with E-state index in [-0.39, 0.29) is 24.3 Å². The molecule has 0 saturated carbocycles. The molecule has 1 aliphatic heterocycles. The summed E-state index contributed by atoms with van der Waals surface area (Å²) in [5, 5.41) is 3.05. The predicted octanol–water partition coefficient (Wildman–Crippen LogP) is 2.28. The third-order valence-electron chi connectivity index (χ3n) is 4.29. The van der Waals surface area contributed by atoms with Crippen molar-refractivity contribution < 1.29 is 14.4 Å². The zero-order valence-electron chi connectivity index (χ0n) is 16.2. The topological polar surface area (TPSA) is 90.5 Å². The second-order valence-corrected chi connectivity index (χ2v) is 8.29. The van der Waals surface area contributed by atoms with E-state index in [9.17, 15) is 14.4 Å². The number of anilines is 1. The summed E-state index contributed by atoms with van der Waals surface area (Å²) in [7, 11) is 0. The number of thioether (sulfide) groups is 1. The first-order chi connectivity index (χ1) is 13.4. The lowest BCUT2D eigenvalue weighted by Gasteiger charge is -2.14. The number of hydrogen-bond donors (Lipinski definition) is 3. The molecule has 1 aromatic rings. The van der Waals surface area contributed by atoms with Crippen LogP contribution in [0.3, 0.4) is 0 Å². The quantitative estimate of drug-likeness (QED) is 0.321. The number of thiocarbonyl (C=S) groups is 1. The van der Waals surface area contributed by atoms with Crippen LogP contribution in [0.5, 0.6) is 0 Å². The molecule has 1 saturated heterocycles. The van der Waals surface area contributed by atoms with Crippen LogP contribution in [0, 0.1) is 13.8 Å². The normalized spacial score (nSPS) is 13.6. The third kappa shape index (κ3) is 7.12. The Morgan fingerprint density at radius 2 is 1.89 bits per heavy atom. The summed E-state index contributed by atoms with van der Waals surface area (Å²) in [5.41, 5.74) is 7.94. The Balaban J connectivity index is 1.54. The van der Waals surface area contributed by atoms with E-state index < -0.39 is 0 Å². The summed E-state index contributed by atoms with van der Waals surface area (Å²) < 4.78 is 0.639. The summed E-state index contributed by atoms with van der Waals surface area (Å²) in [6.45, 7) is 4.67. The number of nitrogens with one attached hydrogen (secondary N) is 3. The van der Waals surface area contributed by atoms with E-state index >= 15 is 0 Å². The van der Waals surface area contributed by atoms with Gasteiger partial charge in [-0.15, -0.1) is 0 Å². The smallest absolute Gasteiger partial charge is 0.257 e. The molecule has 1 aromatic carbocycles. The van der Waals surface area contributed by atoms with E-state index in [1.54, 1.807) is 4.90 Å². The van der Waals surface area contributed by atoms with Gasteiger partial charge in [0, 0.05) is 18.7 Å². The Kier molecular flexibility index (Phi) is 8.72. The lowest BCUT2D eigenvalue weighted by atomic mass is 10.1. The van der Waals surface area contributed by atoms with Gasteiger partial charge in [0.15, 0.2) is 0 Å². The van der Waals surface area contributed by atoms with Crippen molar-refractivity contribution in [1.82, 2.24) is 15.8 Å². The number of nitrogens with zero attached hydrogens (tertiary/aromatic N) is 1. The van der Waals surface area contributed by atoms with Crippen LogP contribution in [-0.4, -0.2) is 45.8 Å². The Morgan fingerprint density at radius 1 is 1.14 bits per heavy atom. The maximum absolute atomic E-state index is 11.8. The third-order valence-corrected chi connectivity index (χ3v) is 5.72. The van der Waals surface area contributed by atoms with Crippen molar-refractivity contribution in [2.45, 2.75) is 39.5 Å². The molecule has 1 heterocycles. The average Bonchev–Trinajstić information content (AvgIpc) is 2.97. The molecule has 3 N–H and O–H groups in total. The number of aryl methyl sites for hydroxylation is 2. The summed E-state index contributed by atoms with van der Waals surface area (Å²) >= 11 is 6.51. The monoisotopic (exact) mass is 422 g/mol. The number of benzene rings is 1. The fraction of sp³-hybridized carbons (Fsp3) is 0.474. The van der Waals surface area contributed by atoms with Gasteiger partial charge in [-0.3, -0.25) is 30.1 Å². The summed E-state index contributed by atoms with van der Waals surface area (Å²) in [6.07, 6.45) is 2.61. The van der Waals surface area contributed by atoms with Gasteiger partial charge >= 0.3 is 0 Å². The average molecular weight is 423 g/mol. The first kappa shape index (κ1) is 22.2. The van der Waals surface area contributed by atoms with Crippen molar-refractivity contribution in [1.29, 1.82) is 0 Å². The molecule has 0 atom stereocenters. The van der Waals surface area contributed by atoms with Gasteiger partial charge in [0.1, 0.15) is 4.32 Å².